The number of rotatable bonds is 12. The van der Waals surface area contributed by atoms with Gasteiger partial charge in [0.15, 0.2) is 17.5 Å². The summed E-state index contributed by atoms with van der Waals surface area (Å²) in [5, 5.41) is 0. The summed E-state index contributed by atoms with van der Waals surface area (Å²) in [4.78, 5) is 22.4. The molecule has 1 aromatic heterocycles. The first-order valence-corrected chi connectivity index (χ1v) is 33.4. The smallest absolute Gasteiger partial charge is 0.252 e. The third-order valence-corrected chi connectivity index (χ3v) is 19.1. The van der Waals surface area contributed by atoms with Crippen LogP contribution in [0.1, 0.15) is 26.3 Å². The number of anilines is 6. The van der Waals surface area contributed by atoms with Gasteiger partial charge in [-0.05, 0) is 196 Å². The molecule has 0 aliphatic carbocycles. The van der Waals surface area contributed by atoms with Crippen molar-refractivity contribution in [1.82, 2.24) is 15.0 Å². The molecule has 0 amide bonds. The van der Waals surface area contributed by atoms with E-state index in [1.807, 2.05) is 0 Å². The van der Waals surface area contributed by atoms with E-state index in [0.717, 1.165) is 129 Å². The number of nitrogens with zero attached hydrogens (tertiary/aromatic N) is 5. The molecular formula is C91H66BN5. The number of para-hydroxylation sites is 2. The standard InChI is InChI=1S/C91H66BN5/c1-91(2,3)78-54-74(67-41-23-10-24-42-67)57-80(60-78)97-84-46-28-26-44-82(84)92-81-43-25-27-45-83(81)96(79-55-72(65-37-19-8-20-38-65)49-73(56-79)66-39-21-9-22-40-66)85-58-77(59-86(97)87(85)92)90-94-88(75-50-68(61-29-11-4-12-30-61)47-69(51-75)62-31-13-5-14-32-62)93-89(95-90)76-52-70(63-33-15-6-16-34-63)48-71(53-76)64-35-17-7-18-36-64/h4-60H,1-3H3. The van der Waals surface area contributed by atoms with Gasteiger partial charge >= 0.3 is 0 Å². The third-order valence-electron chi connectivity index (χ3n) is 19.1. The monoisotopic (exact) mass is 1240 g/mol. The van der Waals surface area contributed by atoms with Crippen LogP contribution in [-0.2, 0) is 5.41 Å². The molecule has 15 aromatic rings. The van der Waals surface area contributed by atoms with Gasteiger partial charge in [0.25, 0.3) is 6.71 Å². The molecule has 0 N–H and O–H groups in total. The summed E-state index contributed by atoms with van der Waals surface area (Å²) in [6, 6.07) is 126. The fourth-order valence-electron chi connectivity index (χ4n) is 14.4. The second-order valence-corrected chi connectivity index (χ2v) is 26.4. The summed E-state index contributed by atoms with van der Waals surface area (Å²) in [5.41, 5.74) is 29.1. The van der Waals surface area contributed by atoms with Crippen molar-refractivity contribution in [3.63, 3.8) is 0 Å². The molecule has 0 saturated carbocycles. The van der Waals surface area contributed by atoms with Crippen molar-refractivity contribution in [2.24, 2.45) is 0 Å². The van der Waals surface area contributed by atoms with E-state index in [9.17, 15) is 0 Å². The highest BCUT2D eigenvalue weighted by atomic mass is 15.2. The van der Waals surface area contributed by atoms with Crippen molar-refractivity contribution in [3.8, 4) is 112 Å². The zero-order valence-electron chi connectivity index (χ0n) is 54.2. The van der Waals surface area contributed by atoms with Crippen LogP contribution in [0.15, 0.2) is 346 Å². The molecule has 458 valence electrons. The Morgan fingerprint density at radius 1 is 0.227 bits per heavy atom. The maximum Gasteiger partial charge on any atom is 0.252 e. The van der Waals surface area contributed by atoms with Crippen LogP contribution in [0.3, 0.4) is 0 Å². The predicted octanol–water partition coefficient (Wildman–Crippen LogP) is 21.9. The Balaban J connectivity index is 0.990. The number of benzene rings is 14. The van der Waals surface area contributed by atoms with E-state index in [4.69, 9.17) is 15.0 Å². The lowest BCUT2D eigenvalue weighted by atomic mass is 9.33. The zero-order valence-corrected chi connectivity index (χ0v) is 54.2. The van der Waals surface area contributed by atoms with Crippen molar-refractivity contribution in [2.75, 3.05) is 9.80 Å². The van der Waals surface area contributed by atoms with Gasteiger partial charge in [0.05, 0.1) is 0 Å². The van der Waals surface area contributed by atoms with Crippen molar-refractivity contribution in [1.29, 1.82) is 0 Å². The summed E-state index contributed by atoms with van der Waals surface area (Å²) >= 11 is 0. The SMILES string of the molecule is CC(C)(C)c1cc(-c2ccccc2)cc(N2c3ccccc3B3c4ccccc4N(c4cc(-c5ccccc5)cc(-c5ccccc5)c4)c4cc(-c5nc(-c6cc(-c7ccccc7)cc(-c7ccccc7)c6)nc(-c6cc(-c7ccccc7)cc(-c7ccccc7)c6)n5)cc2c43)c1. The molecule has 0 radical (unpaired) electrons. The molecule has 6 heteroatoms. The predicted molar refractivity (Wildman–Crippen MR) is 407 cm³/mol. The molecule has 0 bridgehead atoms. The lowest BCUT2D eigenvalue weighted by Crippen LogP contribution is -2.61. The molecule has 0 spiro atoms. The van der Waals surface area contributed by atoms with Crippen molar-refractivity contribution < 1.29 is 0 Å². The van der Waals surface area contributed by atoms with Crippen LogP contribution < -0.4 is 26.2 Å². The van der Waals surface area contributed by atoms with E-state index < -0.39 is 0 Å². The summed E-state index contributed by atoms with van der Waals surface area (Å²) < 4.78 is 0. The van der Waals surface area contributed by atoms with E-state index in [2.05, 4.69) is 376 Å². The molecule has 3 heterocycles. The van der Waals surface area contributed by atoms with Gasteiger partial charge in [0, 0.05) is 50.8 Å². The van der Waals surface area contributed by atoms with Crippen LogP contribution in [0.25, 0.3) is 112 Å². The maximum atomic E-state index is 5.82. The van der Waals surface area contributed by atoms with Gasteiger partial charge in [0.2, 0.25) is 0 Å². The summed E-state index contributed by atoms with van der Waals surface area (Å²) in [6.07, 6.45) is 0. The molecule has 2 aliphatic heterocycles. The highest BCUT2D eigenvalue weighted by molar-refractivity contribution is 7.00. The van der Waals surface area contributed by atoms with Gasteiger partial charge in [-0.3, -0.25) is 0 Å². The molecule has 0 atom stereocenters. The molecular weight excluding hydrogens is 1170 g/mol. The first kappa shape index (κ1) is 58.6. The van der Waals surface area contributed by atoms with Crippen LogP contribution in [0, 0.1) is 0 Å². The highest BCUT2D eigenvalue weighted by Gasteiger charge is 2.44. The van der Waals surface area contributed by atoms with E-state index in [1.165, 1.54) is 22.0 Å². The Hall–Kier alpha value is -12.2. The van der Waals surface area contributed by atoms with E-state index in [-0.39, 0.29) is 12.1 Å². The molecule has 14 aromatic carbocycles. The second kappa shape index (κ2) is 24.6. The van der Waals surface area contributed by atoms with Crippen molar-refractivity contribution >= 4 is 57.2 Å². The van der Waals surface area contributed by atoms with Gasteiger partial charge in [-0.25, -0.2) is 15.0 Å². The molecule has 97 heavy (non-hydrogen) atoms. The van der Waals surface area contributed by atoms with E-state index >= 15 is 0 Å². The normalized spacial score (nSPS) is 12.2. The molecule has 0 fully saturated rings. The quantitative estimate of drug-likeness (QED) is 0.114. The maximum absolute atomic E-state index is 5.82. The van der Waals surface area contributed by atoms with Crippen LogP contribution in [0.5, 0.6) is 0 Å². The van der Waals surface area contributed by atoms with Crippen LogP contribution >= 0.6 is 0 Å². The van der Waals surface area contributed by atoms with E-state index in [0.29, 0.717) is 17.5 Å². The van der Waals surface area contributed by atoms with Gasteiger partial charge < -0.3 is 9.80 Å². The Bertz CT molecular complexity index is 5110. The molecule has 17 rings (SSSR count). The van der Waals surface area contributed by atoms with Gasteiger partial charge in [0.1, 0.15) is 0 Å². The Morgan fingerprint density at radius 2 is 0.474 bits per heavy atom. The first-order chi connectivity index (χ1) is 47.7. The molecule has 0 saturated heterocycles. The number of aromatic nitrogens is 3. The van der Waals surface area contributed by atoms with Gasteiger partial charge in [-0.15, -0.1) is 0 Å². The van der Waals surface area contributed by atoms with Crippen LogP contribution in [0.4, 0.5) is 34.1 Å². The van der Waals surface area contributed by atoms with Crippen molar-refractivity contribution in [2.45, 2.75) is 26.2 Å². The summed E-state index contributed by atoms with van der Waals surface area (Å²) in [6.45, 7) is 6.80. The summed E-state index contributed by atoms with van der Waals surface area (Å²) in [7, 11) is 0. The molecule has 2 aliphatic rings. The molecule has 5 nitrogen and oxygen atoms in total. The van der Waals surface area contributed by atoms with Crippen molar-refractivity contribution in [3.05, 3.63) is 351 Å². The Kier molecular flexibility index (Phi) is 14.8. The minimum atomic E-state index is -0.192. The third kappa shape index (κ3) is 11.2. The fourth-order valence-corrected chi connectivity index (χ4v) is 14.4. The first-order valence-electron chi connectivity index (χ1n) is 33.4. The van der Waals surface area contributed by atoms with Gasteiger partial charge in [-0.2, -0.15) is 0 Å². The average Bonchev–Trinajstić information content (AvgIpc) is 0.698. The average molecular weight is 1240 g/mol. The fraction of sp³-hybridized carbons (Fsp3) is 0.0440. The second-order valence-electron chi connectivity index (χ2n) is 26.4. The number of hydrogen-bond donors (Lipinski definition) is 0. The largest absolute Gasteiger partial charge is 0.311 e. The van der Waals surface area contributed by atoms with Crippen LogP contribution in [-0.4, -0.2) is 21.7 Å². The minimum Gasteiger partial charge on any atom is -0.311 e. The number of fused-ring (bicyclic) bond motifs is 4. The Labute approximate surface area is 568 Å². The minimum absolute atomic E-state index is 0.150. The number of hydrogen-bond acceptors (Lipinski definition) is 5. The zero-order chi connectivity index (χ0) is 65.0. The lowest BCUT2D eigenvalue weighted by molar-refractivity contribution is 0.590. The highest BCUT2D eigenvalue weighted by Crippen LogP contribution is 2.49. The van der Waals surface area contributed by atoms with E-state index in [1.54, 1.807) is 0 Å². The Morgan fingerprint density at radius 3 is 0.784 bits per heavy atom. The molecule has 0 unspecified atom stereocenters. The van der Waals surface area contributed by atoms with Gasteiger partial charge in [-0.1, -0.05) is 276 Å². The topological polar surface area (TPSA) is 45.2 Å². The summed E-state index contributed by atoms with van der Waals surface area (Å²) in [5.74, 6) is 1.66. The lowest BCUT2D eigenvalue weighted by Gasteiger charge is -2.44. The van der Waals surface area contributed by atoms with Crippen LogP contribution in [0.2, 0.25) is 0 Å².